The average Bonchev–Trinajstić information content (AvgIpc) is 2.74. The highest BCUT2D eigenvalue weighted by molar-refractivity contribution is 4.97. The van der Waals surface area contributed by atoms with Crippen LogP contribution in [-0.4, -0.2) is 54.9 Å². The molecule has 0 aromatic rings. The lowest BCUT2D eigenvalue weighted by Crippen LogP contribution is -2.56. The molecule has 3 unspecified atom stereocenters. The zero-order valence-electron chi connectivity index (χ0n) is 11.7. The fourth-order valence-corrected chi connectivity index (χ4v) is 3.58. The summed E-state index contributed by atoms with van der Waals surface area (Å²) in [5, 5.41) is 13.3. The molecule has 0 amide bonds. The largest absolute Gasteiger partial charge is 0.396 e. The van der Waals surface area contributed by atoms with Crippen LogP contribution in [0.3, 0.4) is 0 Å². The predicted octanol–water partition coefficient (Wildman–Crippen LogP) is 0.550. The summed E-state index contributed by atoms with van der Waals surface area (Å²) in [5.41, 5.74) is 6.18. The number of aliphatic hydroxyl groups is 1. The van der Waals surface area contributed by atoms with Gasteiger partial charge in [0.15, 0.2) is 0 Å². The van der Waals surface area contributed by atoms with Crippen molar-refractivity contribution in [2.45, 2.75) is 50.1 Å². The third kappa shape index (κ3) is 3.23. The van der Waals surface area contributed by atoms with Gasteiger partial charge in [0.2, 0.25) is 0 Å². The van der Waals surface area contributed by atoms with Crippen LogP contribution in [0.25, 0.3) is 0 Å². The van der Waals surface area contributed by atoms with E-state index < -0.39 is 0 Å². The summed E-state index contributed by atoms with van der Waals surface area (Å²) in [7, 11) is 2.19. The third-order valence-corrected chi connectivity index (χ3v) is 4.94. The minimum Gasteiger partial charge on any atom is -0.396 e. The van der Waals surface area contributed by atoms with E-state index in [4.69, 9.17) is 5.73 Å². The van der Waals surface area contributed by atoms with Crippen molar-refractivity contribution in [1.29, 1.82) is 0 Å². The minimum atomic E-state index is 0.104. The van der Waals surface area contributed by atoms with E-state index in [-0.39, 0.29) is 5.54 Å². The summed E-state index contributed by atoms with van der Waals surface area (Å²) in [5.74, 6) is 0.439. The molecule has 1 aliphatic carbocycles. The van der Waals surface area contributed by atoms with Crippen molar-refractivity contribution < 1.29 is 5.11 Å². The van der Waals surface area contributed by atoms with Crippen molar-refractivity contribution in [2.24, 2.45) is 11.7 Å². The van der Waals surface area contributed by atoms with E-state index >= 15 is 0 Å². The highest BCUT2D eigenvalue weighted by atomic mass is 16.3. The van der Waals surface area contributed by atoms with Gasteiger partial charge in [0.25, 0.3) is 0 Å². The van der Waals surface area contributed by atoms with Gasteiger partial charge in [0, 0.05) is 24.7 Å². The second-order valence-corrected chi connectivity index (χ2v) is 6.27. The van der Waals surface area contributed by atoms with Crippen LogP contribution >= 0.6 is 0 Å². The lowest BCUT2D eigenvalue weighted by atomic mass is 9.88. The molecule has 3 atom stereocenters. The van der Waals surface area contributed by atoms with Crippen LogP contribution < -0.4 is 11.1 Å². The molecule has 0 radical (unpaired) electrons. The van der Waals surface area contributed by atoms with Crippen molar-refractivity contribution in [3.8, 4) is 0 Å². The molecule has 0 aromatic heterocycles. The van der Waals surface area contributed by atoms with Gasteiger partial charge in [-0.1, -0.05) is 6.42 Å². The lowest BCUT2D eigenvalue weighted by molar-refractivity contribution is 0.171. The highest BCUT2D eigenvalue weighted by Crippen LogP contribution is 2.30. The topological polar surface area (TPSA) is 61.5 Å². The second kappa shape index (κ2) is 6.33. The number of nitrogens with two attached hydrogens (primary N) is 1. The zero-order valence-corrected chi connectivity index (χ0v) is 11.7. The first-order valence-corrected chi connectivity index (χ1v) is 7.46. The highest BCUT2D eigenvalue weighted by Gasteiger charge is 2.36. The summed E-state index contributed by atoms with van der Waals surface area (Å²) in [6.07, 6.45) is 7.12. The smallest absolute Gasteiger partial charge is 0.0474 e. The van der Waals surface area contributed by atoms with E-state index in [1.165, 1.54) is 32.2 Å². The van der Waals surface area contributed by atoms with E-state index in [0.717, 1.165) is 25.9 Å². The minimum absolute atomic E-state index is 0.104. The van der Waals surface area contributed by atoms with E-state index in [1.54, 1.807) is 0 Å². The van der Waals surface area contributed by atoms with Gasteiger partial charge in [-0.25, -0.2) is 0 Å². The van der Waals surface area contributed by atoms with Crippen LogP contribution in [0.1, 0.15) is 38.5 Å². The Morgan fingerprint density at radius 2 is 2.11 bits per heavy atom. The Morgan fingerprint density at radius 3 is 2.83 bits per heavy atom. The molecule has 4 nitrogen and oxygen atoms in total. The third-order valence-electron chi connectivity index (χ3n) is 4.94. The molecule has 4 N–H and O–H groups in total. The Morgan fingerprint density at radius 1 is 1.28 bits per heavy atom. The number of likely N-dealkylation sites (tertiary alicyclic amines) is 1. The van der Waals surface area contributed by atoms with Gasteiger partial charge in [-0.2, -0.15) is 0 Å². The average molecular weight is 255 g/mol. The molecule has 106 valence electrons. The van der Waals surface area contributed by atoms with Crippen LogP contribution in [0, 0.1) is 5.92 Å². The first kappa shape index (κ1) is 14.3. The second-order valence-electron chi connectivity index (χ2n) is 6.27. The van der Waals surface area contributed by atoms with E-state index in [0.29, 0.717) is 18.6 Å². The van der Waals surface area contributed by atoms with Crippen molar-refractivity contribution in [3.63, 3.8) is 0 Å². The van der Waals surface area contributed by atoms with Gasteiger partial charge >= 0.3 is 0 Å². The van der Waals surface area contributed by atoms with Crippen LogP contribution in [-0.2, 0) is 0 Å². The predicted molar refractivity (Wildman–Crippen MR) is 74.5 cm³/mol. The van der Waals surface area contributed by atoms with E-state index in [1.807, 2.05) is 0 Å². The fourth-order valence-electron chi connectivity index (χ4n) is 3.58. The molecule has 1 heterocycles. The monoisotopic (exact) mass is 255 g/mol. The van der Waals surface area contributed by atoms with Crippen molar-refractivity contribution >= 4 is 0 Å². The van der Waals surface area contributed by atoms with Crippen molar-refractivity contribution in [1.82, 2.24) is 10.2 Å². The summed E-state index contributed by atoms with van der Waals surface area (Å²) in [6.45, 7) is 3.34. The molecular weight excluding hydrogens is 226 g/mol. The van der Waals surface area contributed by atoms with Gasteiger partial charge in [-0.15, -0.1) is 0 Å². The molecule has 2 aliphatic rings. The van der Waals surface area contributed by atoms with Crippen molar-refractivity contribution in [3.05, 3.63) is 0 Å². The molecule has 1 saturated carbocycles. The summed E-state index contributed by atoms with van der Waals surface area (Å²) < 4.78 is 0. The molecule has 0 bridgehead atoms. The standard InChI is InChI=1S/C14H29N3O/c1-17-8-3-6-14(11-15,7-9-17)16-13-5-2-4-12(13)10-18/h12-13,16,18H,2-11,15H2,1H3. The van der Waals surface area contributed by atoms with Crippen LogP contribution in [0.4, 0.5) is 0 Å². The van der Waals surface area contributed by atoms with Crippen LogP contribution in [0.15, 0.2) is 0 Å². The first-order chi connectivity index (χ1) is 8.69. The molecule has 2 rings (SSSR count). The number of nitrogens with one attached hydrogen (secondary N) is 1. The number of hydrogen-bond acceptors (Lipinski definition) is 4. The summed E-state index contributed by atoms with van der Waals surface area (Å²) in [6, 6.07) is 0.474. The number of hydrogen-bond donors (Lipinski definition) is 3. The van der Waals surface area contributed by atoms with Gasteiger partial charge in [-0.05, 0) is 58.2 Å². The number of nitrogens with zero attached hydrogens (tertiary/aromatic N) is 1. The maximum absolute atomic E-state index is 9.44. The lowest BCUT2D eigenvalue weighted by Gasteiger charge is -2.37. The van der Waals surface area contributed by atoms with Crippen LogP contribution in [0.5, 0.6) is 0 Å². The Labute approximate surface area is 111 Å². The molecule has 4 heteroatoms. The Hall–Kier alpha value is -0.160. The van der Waals surface area contributed by atoms with Gasteiger partial charge < -0.3 is 21.1 Å². The molecule has 18 heavy (non-hydrogen) atoms. The zero-order chi connectivity index (χ0) is 13.0. The van der Waals surface area contributed by atoms with E-state index in [2.05, 4.69) is 17.3 Å². The quantitative estimate of drug-likeness (QED) is 0.686. The maximum atomic E-state index is 9.44. The van der Waals surface area contributed by atoms with Gasteiger partial charge in [0.1, 0.15) is 0 Å². The summed E-state index contributed by atoms with van der Waals surface area (Å²) >= 11 is 0. The Kier molecular flexibility index (Phi) is 5.01. The normalized spacial score (nSPS) is 38.8. The van der Waals surface area contributed by atoms with Crippen LogP contribution in [0.2, 0.25) is 0 Å². The van der Waals surface area contributed by atoms with Crippen molar-refractivity contribution in [2.75, 3.05) is 33.3 Å². The molecule has 0 spiro atoms. The van der Waals surface area contributed by atoms with Gasteiger partial charge in [0.05, 0.1) is 0 Å². The maximum Gasteiger partial charge on any atom is 0.0474 e. The first-order valence-electron chi connectivity index (χ1n) is 7.46. The molecule has 1 saturated heterocycles. The molecule has 0 aromatic carbocycles. The summed E-state index contributed by atoms with van der Waals surface area (Å²) in [4.78, 5) is 2.40. The SMILES string of the molecule is CN1CCCC(CN)(NC2CCCC2CO)CC1. The van der Waals surface area contributed by atoms with Gasteiger partial charge in [-0.3, -0.25) is 0 Å². The Balaban J connectivity index is 1.98. The Bertz CT molecular complexity index is 261. The molecular formula is C14H29N3O. The number of rotatable bonds is 4. The molecule has 2 fully saturated rings. The van der Waals surface area contributed by atoms with E-state index in [9.17, 15) is 5.11 Å². The molecule has 1 aliphatic heterocycles. The fraction of sp³-hybridized carbons (Fsp3) is 1.00. The number of aliphatic hydroxyl groups excluding tert-OH is 1.